The zero-order valence-corrected chi connectivity index (χ0v) is 12.6. The van der Waals surface area contributed by atoms with Crippen LogP contribution in [0.4, 0.5) is 0 Å². The molecular weight excluding hydrogens is 236 g/mol. The molecule has 1 aromatic heterocycles. The van der Waals surface area contributed by atoms with Gasteiger partial charge in [-0.2, -0.15) is 0 Å². The van der Waals surface area contributed by atoms with Gasteiger partial charge in [0.2, 0.25) is 0 Å². The van der Waals surface area contributed by atoms with Crippen LogP contribution >= 0.6 is 0 Å². The van der Waals surface area contributed by atoms with E-state index in [0.29, 0.717) is 6.04 Å². The highest BCUT2D eigenvalue weighted by atomic mass is 16.5. The summed E-state index contributed by atoms with van der Waals surface area (Å²) in [5.41, 5.74) is 1.42. The van der Waals surface area contributed by atoms with Gasteiger partial charge in [0.15, 0.2) is 0 Å². The zero-order chi connectivity index (χ0) is 13.7. The fourth-order valence-corrected chi connectivity index (χ4v) is 2.48. The average Bonchev–Trinajstić information content (AvgIpc) is 3.09. The lowest BCUT2D eigenvalue weighted by atomic mass is 10.1. The minimum absolute atomic E-state index is 0.545. The highest BCUT2D eigenvalue weighted by Crippen LogP contribution is 2.40. The Morgan fingerprint density at radius 1 is 1.37 bits per heavy atom. The molecule has 2 rings (SSSR count). The highest BCUT2D eigenvalue weighted by Gasteiger charge is 2.31. The molecular formula is C16H28N2O. The van der Waals surface area contributed by atoms with Crippen LogP contribution in [0.15, 0.2) is 18.5 Å². The average molecular weight is 264 g/mol. The van der Waals surface area contributed by atoms with Gasteiger partial charge in [0, 0.05) is 31.6 Å². The SMILES string of the molecule is CNC(c1ccn(CCOCCC(C)C)c1)C1CC1. The molecule has 0 saturated heterocycles. The van der Waals surface area contributed by atoms with Crippen LogP contribution in [-0.2, 0) is 11.3 Å². The number of nitrogens with zero attached hydrogens (tertiary/aromatic N) is 1. The third kappa shape index (κ3) is 4.66. The molecule has 1 unspecified atom stereocenters. The molecule has 1 N–H and O–H groups in total. The van der Waals surface area contributed by atoms with Crippen molar-refractivity contribution in [2.45, 2.75) is 45.7 Å². The summed E-state index contributed by atoms with van der Waals surface area (Å²) in [4.78, 5) is 0. The van der Waals surface area contributed by atoms with Crippen molar-refractivity contribution in [2.75, 3.05) is 20.3 Å². The lowest BCUT2D eigenvalue weighted by molar-refractivity contribution is 0.116. The largest absolute Gasteiger partial charge is 0.380 e. The summed E-state index contributed by atoms with van der Waals surface area (Å²) in [6.07, 6.45) is 8.34. The number of rotatable bonds is 9. The maximum atomic E-state index is 5.67. The molecule has 0 amide bonds. The Hall–Kier alpha value is -0.800. The first-order valence-corrected chi connectivity index (χ1v) is 7.61. The second-order valence-corrected chi connectivity index (χ2v) is 6.08. The number of hydrogen-bond acceptors (Lipinski definition) is 2. The van der Waals surface area contributed by atoms with E-state index in [1.807, 2.05) is 0 Å². The lowest BCUT2D eigenvalue weighted by Gasteiger charge is -2.13. The molecule has 1 heterocycles. The van der Waals surface area contributed by atoms with Crippen molar-refractivity contribution >= 4 is 0 Å². The lowest BCUT2D eigenvalue weighted by Crippen LogP contribution is -2.17. The van der Waals surface area contributed by atoms with Crippen LogP contribution in [0.5, 0.6) is 0 Å². The molecule has 1 aliphatic rings. The molecule has 0 radical (unpaired) electrons. The molecule has 0 spiro atoms. The summed E-state index contributed by atoms with van der Waals surface area (Å²) in [7, 11) is 2.06. The van der Waals surface area contributed by atoms with Crippen molar-refractivity contribution in [2.24, 2.45) is 11.8 Å². The van der Waals surface area contributed by atoms with Gasteiger partial charge in [-0.1, -0.05) is 13.8 Å². The molecule has 3 heteroatoms. The summed E-state index contributed by atoms with van der Waals surface area (Å²) >= 11 is 0. The predicted octanol–water partition coefficient (Wildman–Crippen LogP) is 3.22. The first-order chi connectivity index (χ1) is 9.20. The minimum atomic E-state index is 0.545. The van der Waals surface area contributed by atoms with Crippen LogP contribution < -0.4 is 5.32 Å². The Labute approximate surface area is 117 Å². The van der Waals surface area contributed by atoms with Gasteiger partial charge in [-0.05, 0) is 49.8 Å². The summed E-state index contributed by atoms with van der Waals surface area (Å²) in [6.45, 7) is 7.12. The molecule has 0 aliphatic heterocycles. The van der Waals surface area contributed by atoms with E-state index < -0.39 is 0 Å². The Balaban J connectivity index is 1.71. The van der Waals surface area contributed by atoms with E-state index in [-0.39, 0.29) is 0 Å². The number of aromatic nitrogens is 1. The van der Waals surface area contributed by atoms with Gasteiger partial charge in [0.05, 0.1) is 6.61 Å². The van der Waals surface area contributed by atoms with Gasteiger partial charge in [0.1, 0.15) is 0 Å². The first kappa shape index (κ1) is 14.6. The van der Waals surface area contributed by atoms with E-state index >= 15 is 0 Å². The number of nitrogens with one attached hydrogen (secondary N) is 1. The number of hydrogen-bond donors (Lipinski definition) is 1. The van der Waals surface area contributed by atoms with Crippen molar-refractivity contribution in [3.05, 3.63) is 24.0 Å². The third-order valence-corrected chi connectivity index (χ3v) is 3.87. The Kier molecular flexibility index (Phi) is 5.46. The van der Waals surface area contributed by atoms with Crippen molar-refractivity contribution < 1.29 is 4.74 Å². The zero-order valence-electron chi connectivity index (χ0n) is 12.6. The van der Waals surface area contributed by atoms with Crippen LogP contribution in [0.1, 0.15) is 44.7 Å². The molecule has 1 atom stereocenters. The summed E-state index contributed by atoms with van der Waals surface area (Å²) < 4.78 is 7.92. The summed E-state index contributed by atoms with van der Waals surface area (Å²) in [6, 6.07) is 2.79. The first-order valence-electron chi connectivity index (χ1n) is 7.61. The van der Waals surface area contributed by atoms with E-state index in [1.54, 1.807) is 0 Å². The maximum Gasteiger partial charge on any atom is 0.0645 e. The van der Waals surface area contributed by atoms with E-state index in [0.717, 1.165) is 38.0 Å². The van der Waals surface area contributed by atoms with Crippen LogP contribution in [0, 0.1) is 11.8 Å². The quantitative estimate of drug-likeness (QED) is 0.693. The fourth-order valence-electron chi connectivity index (χ4n) is 2.48. The fraction of sp³-hybridized carbons (Fsp3) is 0.750. The summed E-state index contributed by atoms with van der Waals surface area (Å²) in [5, 5.41) is 3.44. The van der Waals surface area contributed by atoms with Gasteiger partial charge in [-0.3, -0.25) is 0 Å². The molecule has 1 fully saturated rings. The van der Waals surface area contributed by atoms with Gasteiger partial charge < -0.3 is 14.6 Å². The van der Waals surface area contributed by atoms with E-state index in [4.69, 9.17) is 4.74 Å². The second-order valence-electron chi connectivity index (χ2n) is 6.08. The monoisotopic (exact) mass is 264 g/mol. The maximum absolute atomic E-state index is 5.67. The van der Waals surface area contributed by atoms with Gasteiger partial charge in [-0.15, -0.1) is 0 Å². The third-order valence-electron chi connectivity index (χ3n) is 3.87. The van der Waals surface area contributed by atoms with E-state index in [1.165, 1.54) is 18.4 Å². The molecule has 0 aromatic carbocycles. The molecule has 1 aliphatic carbocycles. The Morgan fingerprint density at radius 2 is 2.16 bits per heavy atom. The molecule has 108 valence electrons. The molecule has 19 heavy (non-hydrogen) atoms. The van der Waals surface area contributed by atoms with Gasteiger partial charge >= 0.3 is 0 Å². The van der Waals surface area contributed by atoms with Crippen LogP contribution in [-0.4, -0.2) is 24.8 Å². The Bertz CT molecular complexity index is 369. The predicted molar refractivity (Wildman–Crippen MR) is 79.2 cm³/mol. The van der Waals surface area contributed by atoms with Gasteiger partial charge in [-0.25, -0.2) is 0 Å². The van der Waals surface area contributed by atoms with Crippen molar-refractivity contribution in [1.82, 2.24) is 9.88 Å². The second kappa shape index (κ2) is 7.11. The van der Waals surface area contributed by atoms with Crippen molar-refractivity contribution in [3.63, 3.8) is 0 Å². The van der Waals surface area contributed by atoms with Crippen LogP contribution in [0.2, 0.25) is 0 Å². The van der Waals surface area contributed by atoms with Crippen LogP contribution in [0.3, 0.4) is 0 Å². The standard InChI is InChI=1S/C16H28N2O/c1-13(2)7-10-19-11-9-18-8-6-15(12-18)16(17-3)14-4-5-14/h6,8,12-14,16-17H,4-5,7,9-11H2,1-3H3. The molecule has 0 bridgehead atoms. The molecule has 1 aromatic rings. The smallest absolute Gasteiger partial charge is 0.0645 e. The highest BCUT2D eigenvalue weighted by molar-refractivity contribution is 5.18. The number of ether oxygens (including phenoxy) is 1. The molecule has 1 saturated carbocycles. The van der Waals surface area contributed by atoms with Gasteiger partial charge in [0.25, 0.3) is 0 Å². The topological polar surface area (TPSA) is 26.2 Å². The van der Waals surface area contributed by atoms with E-state index in [2.05, 4.69) is 49.2 Å². The van der Waals surface area contributed by atoms with E-state index in [9.17, 15) is 0 Å². The van der Waals surface area contributed by atoms with Crippen LogP contribution in [0.25, 0.3) is 0 Å². The normalized spacial score (nSPS) is 17.1. The Morgan fingerprint density at radius 3 is 2.79 bits per heavy atom. The minimum Gasteiger partial charge on any atom is -0.380 e. The van der Waals surface area contributed by atoms with Crippen molar-refractivity contribution in [3.8, 4) is 0 Å². The van der Waals surface area contributed by atoms with Crippen molar-refractivity contribution in [1.29, 1.82) is 0 Å². The summed E-state index contributed by atoms with van der Waals surface area (Å²) in [5.74, 6) is 1.58. The molecule has 3 nitrogen and oxygen atoms in total.